The van der Waals surface area contributed by atoms with Gasteiger partial charge in [0, 0.05) is 6.04 Å². The number of nitrogens with one attached hydrogen (secondary N) is 1. The van der Waals surface area contributed by atoms with Crippen LogP contribution in [0.25, 0.3) is 0 Å². The van der Waals surface area contributed by atoms with Crippen LogP contribution in [0, 0.1) is 11.8 Å². The van der Waals surface area contributed by atoms with Crippen LogP contribution in [0.3, 0.4) is 0 Å². The smallest absolute Gasteiger partial charge is 0.0279 e. The highest BCUT2D eigenvalue weighted by Gasteiger charge is 2.32. The van der Waals surface area contributed by atoms with Gasteiger partial charge in [0.05, 0.1) is 0 Å². The molecule has 0 saturated heterocycles. The van der Waals surface area contributed by atoms with Crippen LogP contribution in [0.1, 0.15) is 51.7 Å². The monoisotopic (exact) mass is 260 g/mol. The highest BCUT2D eigenvalue weighted by Crippen LogP contribution is 2.38. The van der Waals surface area contributed by atoms with Crippen LogP contribution in [0.2, 0.25) is 0 Å². The zero-order chi connectivity index (χ0) is 14.0. The van der Waals surface area contributed by atoms with Gasteiger partial charge in [-0.15, -0.1) is 0 Å². The molecule has 19 heavy (non-hydrogen) atoms. The molecule has 1 aromatic rings. The second kappa shape index (κ2) is 5.64. The van der Waals surface area contributed by atoms with E-state index in [9.17, 15) is 0 Å². The SMILES string of the molecule is CC(C1CC1)C(Cc1ccc(C(C)(C)C)cc1)NN. The summed E-state index contributed by atoms with van der Waals surface area (Å²) in [6.07, 6.45) is 3.78. The zero-order valence-electron chi connectivity index (χ0n) is 12.7. The number of hydrazine groups is 1. The van der Waals surface area contributed by atoms with Gasteiger partial charge >= 0.3 is 0 Å². The second-order valence-electron chi connectivity index (χ2n) is 7.12. The molecule has 3 N–H and O–H groups in total. The van der Waals surface area contributed by atoms with Crippen LogP contribution in [-0.2, 0) is 11.8 Å². The fourth-order valence-corrected chi connectivity index (χ4v) is 2.74. The third kappa shape index (κ3) is 3.80. The average molecular weight is 260 g/mol. The standard InChI is InChI=1S/C17H28N2/c1-12(14-7-8-14)16(19-18)11-13-5-9-15(10-6-13)17(2,3)4/h5-6,9-10,12,14,16,19H,7-8,11,18H2,1-4H3. The Morgan fingerprint density at radius 3 is 2.21 bits per heavy atom. The number of rotatable bonds is 5. The molecule has 1 aliphatic carbocycles. The highest BCUT2D eigenvalue weighted by molar-refractivity contribution is 5.28. The molecule has 2 atom stereocenters. The van der Waals surface area contributed by atoms with E-state index in [4.69, 9.17) is 5.84 Å². The van der Waals surface area contributed by atoms with Crippen LogP contribution in [0.5, 0.6) is 0 Å². The summed E-state index contributed by atoms with van der Waals surface area (Å²) in [7, 11) is 0. The summed E-state index contributed by atoms with van der Waals surface area (Å²) in [4.78, 5) is 0. The molecular formula is C17H28N2. The average Bonchev–Trinajstić information content (AvgIpc) is 3.19. The van der Waals surface area contributed by atoms with Crippen LogP contribution < -0.4 is 11.3 Å². The van der Waals surface area contributed by atoms with Crippen molar-refractivity contribution in [1.82, 2.24) is 5.43 Å². The topological polar surface area (TPSA) is 38.0 Å². The van der Waals surface area contributed by atoms with Crippen LogP contribution in [-0.4, -0.2) is 6.04 Å². The van der Waals surface area contributed by atoms with Gasteiger partial charge in [-0.3, -0.25) is 11.3 Å². The van der Waals surface area contributed by atoms with E-state index in [-0.39, 0.29) is 5.41 Å². The minimum Gasteiger partial charge on any atom is -0.271 e. The molecule has 106 valence electrons. The molecule has 0 aliphatic heterocycles. The van der Waals surface area contributed by atoms with Gasteiger partial charge in [0.2, 0.25) is 0 Å². The van der Waals surface area contributed by atoms with Crippen LogP contribution in [0.4, 0.5) is 0 Å². The van der Waals surface area contributed by atoms with Crippen molar-refractivity contribution in [3.8, 4) is 0 Å². The molecule has 0 bridgehead atoms. The van der Waals surface area contributed by atoms with Crippen molar-refractivity contribution in [1.29, 1.82) is 0 Å². The lowest BCUT2D eigenvalue weighted by atomic mass is 9.85. The highest BCUT2D eigenvalue weighted by atomic mass is 15.2. The molecule has 1 aromatic carbocycles. The molecule has 2 nitrogen and oxygen atoms in total. The van der Waals surface area contributed by atoms with Crippen molar-refractivity contribution < 1.29 is 0 Å². The van der Waals surface area contributed by atoms with E-state index >= 15 is 0 Å². The van der Waals surface area contributed by atoms with E-state index in [0.29, 0.717) is 12.0 Å². The Morgan fingerprint density at radius 2 is 1.79 bits per heavy atom. The summed E-state index contributed by atoms with van der Waals surface area (Å²) in [6, 6.07) is 9.41. The van der Waals surface area contributed by atoms with E-state index in [1.807, 2.05) is 0 Å². The zero-order valence-corrected chi connectivity index (χ0v) is 12.7. The summed E-state index contributed by atoms with van der Waals surface area (Å²) >= 11 is 0. The van der Waals surface area contributed by atoms with E-state index < -0.39 is 0 Å². The Balaban J connectivity index is 2.01. The molecule has 0 radical (unpaired) electrons. The first-order chi connectivity index (χ1) is 8.91. The summed E-state index contributed by atoms with van der Waals surface area (Å²) in [5.74, 6) is 7.29. The number of hydrogen-bond acceptors (Lipinski definition) is 2. The molecule has 0 spiro atoms. The van der Waals surface area contributed by atoms with E-state index in [0.717, 1.165) is 12.3 Å². The fraction of sp³-hybridized carbons (Fsp3) is 0.647. The van der Waals surface area contributed by atoms with Gasteiger partial charge in [0.25, 0.3) is 0 Å². The predicted octanol–water partition coefficient (Wildman–Crippen LogP) is 3.40. The van der Waals surface area contributed by atoms with Crippen molar-refractivity contribution in [2.75, 3.05) is 0 Å². The quantitative estimate of drug-likeness (QED) is 0.629. The Morgan fingerprint density at radius 1 is 1.21 bits per heavy atom. The van der Waals surface area contributed by atoms with Gasteiger partial charge in [-0.1, -0.05) is 52.0 Å². The molecule has 0 amide bonds. The maximum absolute atomic E-state index is 5.74. The molecule has 2 rings (SSSR count). The summed E-state index contributed by atoms with van der Waals surface area (Å²) in [6.45, 7) is 9.08. The second-order valence-corrected chi connectivity index (χ2v) is 7.12. The Kier molecular flexibility index (Phi) is 4.32. The number of hydrogen-bond donors (Lipinski definition) is 2. The van der Waals surface area contributed by atoms with E-state index in [2.05, 4.69) is 57.4 Å². The lowest BCUT2D eigenvalue weighted by Crippen LogP contribution is -2.42. The number of benzene rings is 1. The normalized spacial score (nSPS) is 19.2. The van der Waals surface area contributed by atoms with Gasteiger partial charge in [-0.25, -0.2) is 0 Å². The Labute approximate surface area is 117 Å². The molecule has 1 fully saturated rings. The van der Waals surface area contributed by atoms with Gasteiger partial charge in [0.1, 0.15) is 0 Å². The minimum atomic E-state index is 0.228. The van der Waals surface area contributed by atoms with Gasteiger partial charge in [0.15, 0.2) is 0 Å². The number of nitrogens with two attached hydrogens (primary N) is 1. The van der Waals surface area contributed by atoms with Gasteiger partial charge in [-0.2, -0.15) is 0 Å². The largest absolute Gasteiger partial charge is 0.271 e. The maximum Gasteiger partial charge on any atom is 0.0279 e. The molecule has 2 unspecified atom stereocenters. The minimum absolute atomic E-state index is 0.228. The van der Waals surface area contributed by atoms with Gasteiger partial charge < -0.3 is 0 Å². The molecular weight excluding hydrogens is 232 g/mol. The summed E-state index contributed by atoms with van der Waals surface area (Å²) in [5, 5.41) is 0. The third-order valence-corrected chi connectivity index (χ3v) is 4.49. The molecule has 0 heterocycles. The summed E-state index contributed by atoms with van der Waals surface area (Å²) < 4.78 is 0. The lowest BCUT2D eigenvalue weighted by Gasteiger charge is -2.24. The Bertz CT molecular complexity index is 398. The van der Waals surface area contributed by atoms with Gasteiger partial charge in [-0.05, 0) is 47.6 Å². The fourth-order valence-electron chi connectivity index (χ4n) is 2.74. The lowest BCUT2D eigenvalue weighted by molar-refractivity contribution is 0.343. The van der Waals surface area contributed by atoms with Crippen LogP contribution in [0.15, 0.2) is 24.3 Å². The van der Waals surface area contributed by atoms with Crippen LogP contribution >= 0.6 is 0 Å². The molecule has 1 aliphatic rings. The Hall–Kier alpha value is -0.860. The van der Waals surface area contributed by atoms with Crippen molar-refractivity contribution >= 4 is 0 Å². The first-order valence-electron chi connectivity index (χ1n) is 7.47. The summed E-state index contributed by atoms with van der Waals surface area (Å²) in [5.41, 5.74) is 6.01. The first kappa shape index (κ1) is 14.5. The van der Waals surface area contributed by atoms with E-state index in [1.54, 1.807) is 0 Å². The molecule has 1 saturated carbocycles. The van der Waals surface area contributed by atoms with E-state index in [1.165, 1.54) is 24.0 Å². The first-order valence-corrected chi connectivity index (χ1v) is 7.47. The molecule has 2 heteroatoms. The van der Waals surface area contributed by atoms with Crippen molar-refractivity contribution in [3.05, 3.63) is 35.4 Å². The maximum atomic E-state index is 5.74. The van der Waals surface area contributed by atoms with Crippen molar-refractivity contribution in [2.45, 2.75) is 58.4 Å². The van der Waals surface area contributed by atoms with Crippen molar-refractivity contribution in [3.63, 3.8) is 0 Å². The predicted molar refractivity (Wildman–Crippen MR) is 81.8 cm³/mol. The third-order valence-electron chi connectivity index (χ3n) is 4.49. The molecule has 0 aromatic heterocycles. The van der Waals surface area contributed by atoms with Crippen molar-refractivity contribution in [2.24, 2.45) is 17.7 Å².